The van der Waals surface area contributed by atoms with Crippen molar-refractivity contribution >= 4 is 9.84 Å². The molecule has 1 atom stereocenters. The Hall–Kier alpha value is -0.130. The van der Waals surface area contributed by atoms with E-state index in [0.717, 1.165) is 25.3 Å². The van der Waals surface area contributed by atoms with Crippen LogP contribution < -0.4 is 11.1 Å². The highest BCUT2D eigenvalue weighted by Crippen LogP contribution is 2.30. The van der Waals surface area contributed by atoms with Crippen molar-refractivity contribution in [2.75, 3.05) is 24.6 Å². The molecule has 1 saturated carbocycles. The highest BCUT2D eigenvalue weighted by atomic mass is 32.2. The van der Waals surface area contributed by atoms with Gasteiger partial charge in [0.1, 0.15) is 0 Å². The van der Waals surface area contributed by atoms with Crippen LogP contribution in [0.3, 0.4) is 0 Å². The van der Waals surface area contributed by atoms with E-state index in [9.17, 15) is 8.42 Å². The van der Waals surface area contributed by atoms with Crippen LogP contribution in [0, 0.1) is 5.92 Å². The van der Waals surface area contributed by atoms with Crippen molar-refractivity contribution < 1.29 is 8.42 Å². The van der Waals surface area contributed by atoms with E-state index in [1.165, 1.54) is 12.8 Å². The van der Waals surface area contributed by atoms with Gasteiger partial charge in [-0.1, -0.05) is 0 Å². The van der Waals surface area contributed by atoms with E-state index in [1.54, 1.807) is 0 Å². The maximum Gasteiger partial charge on any atom is 0.152 e. The Morgan fingerprint density at radius 1 is 1.40 bits per heavy atom. The van der Waals surface area contributed by atoms with E-state index < -0.39 is 9.84 Å². The van der Waals surface area contributed by atoms with Gasteiger partial charge in [-0.25, -0.2) is 8.42 Å². The average molecular weight is 232 g/mol. The van der Waals surface area contributed by atoms with E-state index in [0.29, 0.717) is 12.3 Å². The second-order valence-electron chi connectivity index (χ2n) is 5.00. The minimum Gasteiger partial charge on any atom is -0.329 e. The molecule has 4 nitrogen and oxygen atoms in total. The Morgan fingerprint density at radius 3 is 2.67 bits per heavy atom. The van der Waals surface area contributed by atoms with E-state index >= 15 is 0 Å². The highest BCUT2D eigenvalue weighted by Gasteiger charge is 2.38. The Balaban J connectivity index is 1.98. The molecule has 0 bridgehead atoms. The third-order valence-corrected chi connectivity index (χ3v) is 5.36. The van der Waals surface area contributed by atoms with Crippen molar-refractivity contribution in [1.82, 2.24) is 5.32 Å². The van der Waals surface area contributed by atoms with E-state index in [4.69, 9.17) is 5.73 Å². The topological polar surface area (TPSA) is 72.2 Å². The molecule has 0 aromatic carbocycles. The molecular weight excluding hydrogens is 212 g/mol. The molecule has 0 aromatic rings. The van der Waals surface area contributed by atoms with Gasteiger partial charge in [-0.3, -0.25) is 0 Å². The number of hydrogen-bond donors (Lipinski definition) is 2. The maximum atomic E-state index is 11.6. The van der Waals surface area contributed by atoms with Crippen LogP contribution >= 0.6 is 0 Å². The van der Waals surface area contributed by atoms with Crippen molar-refractivity contribution in [2.45, 2.75) is 31.2 Å². The lowest BCUT2D eigenvalue weighted by molar-refractivity contribution is 0.323. The van der Waals surface area contributed by atoms with Gasteiger partial charge in [-0.2, -0.15) is 0 Å². The van der Waals surface area contributed by atoms with Gasteiger partial charge in [0.15, 0.2) is 9.84 Å². The Morgan fingerprint density at radius 2 is 2.13 bits per heavy atom. The van der Waals surface area contributed by atoms with Crippen LogP contribution in [0.5, 0.6) is 0 Å². The number of rotatable bonds is 4. The Labute approximate surface area is 91.5 Å². The monoisotopic (exact) mass is 232 g/mol. The Kier molecular flexibility index (Phi) is 3.05. The molecule has 88 valence electrons. The zero-order valence-electron chi connectivity index (χ0n) is 9.04. The zero-order chi connectivity index (χ0) is 10.9. The van der Waals surface area contributed by atoms with Crippen molar-refractivity contribution in [3.05, 3.63) is 0 Å². The van der Waals surface area contributed by atoms with Crippen molar-refractivity contribution in [1.29, 1.82) is 0 Å². The molecule has 1 aliphatic carbocycles. The third kappa shape index (κ3) is 2.92. The van der Waals surface area contributed by atoms with Crippen molar-refractivity contribution in [3.8, 4) is 0 Å². The standard InChI is InChI=1S/C10H20N2O2S/c11-7-10(12-6-9-2-3-9)4-1-5-15(13,14)8-10/h9,12H,1-8,11H2. The fraction of sp³-hybridized carbons (Fsp3) is 1.00. The summed E-state index contributed by atoms with van der Waals surface area (Å²) in [5.41, 5.74) is 5.41. The lowest BCUT2D eigenvalue weighted by Gasteiger charge is -2.37. The van der Waals surface area contributed by atoms with Crippen molar-refractivity contribution in [2.24, 2.45) is 11.7 Å². The maximum absolute atomic E-state index is 11.6. The number of hydrogen-bond acceptors (Lipinski definition) is 4. The summed E-state index contributed by atoms with van der Waals surface area (Å²) in [6.45, 7) is 1.37. The first kappa shape index (κ1) is 11.4. The first-order chi connectivity index (χ1) is 7.05. The average Bonchev–Trinajstić information content (AvgIpc) is 2.97. The molecule has 2 aliphatic rings. The van der Waals surface area contributed by atoms with Gasteiger partial charge in [0.05, 0.1) is 11.5 Å². The van der Waals surface area contributed by atoms with Gasteiger partial charge in [0.2, 0.25) is 0 Å². The highest BCUT2D eigenvalue weighted by molar-refractivity contribution is 7.91. The molecule has 0 spiro atoms. The molecule has 0 aromatic heterocycles. The fourth-order valence-corrected chi connectivity index (χ4v) is 4.19. The lowest BCUT2D eigenvalue weighted by atomic mass is 9.95. The zero-order valence-corrected chi connectivity index (χ0v) is 9.85. The third-order valence-electron chi connectivity index (χ3n) is 3.46. The van der Waals surface area contributed by atoms with Gasteiger partial charge >= 0.3 is 0 Å². The summed E-state index contributed by atoms with van der Waals surface area (Å²) in [6.07, 6.45) is 4.20. The van der Waals surface area contributed by atoms with Crippen LogP contribution in [0.25, 0.3) is 0 Å². The molecule has 1 aliphatic heterocycles. The smallest absolute Gasteiger partial charge is 0.152 e. The van der Waals surface area contributed by atoms with Crippen LogP contribution in [-0.4, -0.2) is 38.6 Å². The van der Waals surface area contributed by atoms with Crippen LogP contribution in [0.4, 0.5) is 0 Å². The predicted molar refractivity (Wildman–Crippen MR) is 60.4 cm³/mol. The molecule has 0 amide bonds. The minimum atomic E-state index is -2.87. The minimum absolute atomic E-state index is 0.225. The van der Waals surface area contributed by atoms with Crippen LogP contribution in [0.2, 0.25) is 0 Å². The summed E-state index contributed by atoms with van der Waals surface area (Å²) in [7, 11) is -2.87. The number of sulfone groups is 1. The SMILES string of the molecule is NCC1(NCC2CC2)CCCS(=O)(=O)C1. The van der Waals surface area contributed by atoms with Gasteiger partial charge in [0.25, 0.3) is 0 Å². The van der Waals surface area contributed by atoms with Gasteiger partial charge in [-0.05, 0) is 38.1 Å². The molecule has 5 heteroatoms. The predicted octanol–water partition coefficient (Wildman–Crippen LogP) is -0.108. The lowest BCUT2D eigenvalue weighted by Crippen LogP contribution is -2.58. The fourth-order valence-electron chi connectivity index (χ4n) is 2.25. The number of nitrogens with one attached hydrogen (secondary N) is 1. The first-order valence-electron chi connectivity index (χ1n) is 5.71. The van der Waals surface area contributed by atoms with E-state index in [2.05, 4.69) is 5.32 Å². The van der Waals surface area contributed by atoms with Crippen molar-refractivity contribution in [3.63, 3.8) is 0 Å². The van der Waals surface area contributed by atoms with Crippen LogP contribution in [-0.2, 0) is 9.84 Å². The molecule has 3 N–H and O–H groups in total. The summed E-state index contributed by atoms with van der Waals surface area (Å²) in [5, 5.41) is 3.40. The second-order valence-corrected chi connectivity index (χ2v) is 7.19. The molecule has 1 heterocycles. The molecular formula is C10H20N2O2S. The summed E-state index contributed by atoms with van der Waals surface area (Å²) in [6, 6.07) is 0. The number of nitrogens with two attached hydrogens (primary N) is 1. The van der Waals surface area contributed by atoms with Gasteiger partial charge in [0, 0.05) is 12.1 Å². The molecule has 2 fully saturated rings. The normalized spacial score (nSPS) is 35.3. The molecule has 1 saturated heterocycles. The molecule has 15 heavy (non-hydrogen) atoms. The quantitative estimate of drug-likeness (QED) is 0.709. The largest absolute Gasteiger partial charge is 0.329 e. The Bertz CT molecular complexity index is 324. The summed E-state index contributed by atoms with van der Waals surface area (Å²) in [5.74, 6) is 1.32. The summed E-state index contributed by atoms with van der Waals surface area (Å²) >= 11 is 0. The van der Waals surface area contributed by atoms with E-state index in [1.807, 2.05) is 0 Å². The van der Waals surface area contributed by atoms with E-state index in [-0.39, 0.29) is 11.3 Å². The molecule has 2 rings (SSSR count). The van der Waals surface area contributed by atoms with Gasteiger partial charge in [-0.15, -0.1) is 0 Å². The second kappa shape index (κ2) is 4.03. The van der Waals surface area contributed by atoms with Crippen LogP contribution in [0.15, 0.2) is 0 Å². The summed E-state index contributed by atoms with van der Waals surface area (Å²) in [4.78, 5) is 0. The summed E-state index contributed by atoms with van der Waals surface area (Å²) < 4.78 is 23.2. The molecule has 0 radical (unpaired) electrons. The van der Waals surface area contributed by atoms with Gasteiger partial charge < -0.3 is 11.1 Å². The van der Waals surface area contributed by atoms with Crippen LogP contribution in [0.1, 0.15) is 25.7 Å². The molecule has 1 unspecified atom stereocenters. The first-order valence-corrected chi connectivity index (χ1v) is 7.53.